The van der Waals surface area contributed by atoms with Gasteiger partial charge in [-0.25, -0.2) is 4.90 Å². The van der Waals surface area contributed by atoms with E-state index in [0.29, 0.717) is 5.69 Å². The van der Waals surface area contributed by atoms with E-state index < -0.39 is 5.60 Å². The molecule has 2 heterocycles. The number of nitrogens with zero attached hydrogens (tertiary/aromatic N) is 1. The van der Waals surface area contributed by atoms with Crippen LogP contribution in [-0.4, -0.2) is 11.8 Å². The van der Waals surface area contributed by atoms with E-state index in [1.165, 1.54) is 11.8 Å². The number of amides is 2. The normalized spacial score (nSPS) is 25.5. The molecule has 4 heteroatoms. The minimum Gasteiger partial charge on any atom is -0.351 e. The average molecular weight is 369 g/mol. The first-order valence-corrected chi connectivity index (χ1v) is 9.37. The van der Waals surface area contributed by atoms with Crippen molar-refractivity contribution in [3.05, 3.63) is 102 Å². The van der Waals surface area contributed by atoms with Crippen molar-refractivity contribution >= 4 is 17.5 Å². The molecule has 0 radical (unpaired) electrons. The van der Waals surface area contributed by atoms with Crippen LogP contribution in [0.2, 0.25) is 0 Å². The monoisotopic (exact) mass is 369 g/mol. The second-order valence-electron chi connectivity index (χ2n) is 7.25. The van der Waals surface area contributed by atoms with Crippen molar-refractivity contribution in [2.24, 2.45) is 0 Å². The molecule has 0 N–H and O–H groups in total. The molecule has 1 saturated heterocycles. The summed E-state index contributed by atoms with van der Waals surface area (Å²) in [5, 5.41) is 0. The lowest BCUT2D eigenvalue weighted by molar-refractivity contribution is -0.229. The molecule has 0 aromatic heterocycles. The van der Waals surface area contributed by atoms with Gasteiger partial charge in [-0.3, -0.25) is 9.59 Å². The fraction of sp³-hybridized carbons (Fsp3) is 0.167. The quantitative estimate of drug-likeness (QED) is 0.675. The lowest BCUT2D eigenvalue weighted by Crippen LogP contribution is -2.57. The summed E-state index contributed by atoms with van der Waals surface area (Å²) in [7, 11) is 0. The van der Waals surface area contributed by atoms with Crippen molar-refractivity contribution in [2.45, 2.75) is 24.5 Å². The molecular weight excluding hydrogens is 350 g/mol. The molecule has 3 aromatic rings. The van der Waals surface area contributed by atoms with Crippen LogP contribution in [-0.2, 0) is 19.9 Å². The molecular formula is C24H19NO3. The standard InChI is InChI=1S/C24H19NO3/c1-16(26)25-20-15-9-8-14-19(20)24(23(25)27)21(17-10-4-2-5-11-17)22(28-24)18-12-6-3-7-13-18/h2-15,21-22H,1H3/t21-,22+,24-/m0/s1. The Labute approximate surface area is 163 Å². The number of carbonyl (C=O) groups is 2. The fourth-order valence-corrected chi connectivity index (χ4v) is 4.56. The highest BCUT2D eigenvalue weighted by molar-refractivity contribution is 6.22. The molecule has 1 fully saturated rings. The molecule has 2 aliphatic heterocycles. The molecule has 0 bridgehead atoms. The van der Waals surface area contributed by atoms with Gasteiger partial charge in [0.2, 0.25) is 5.91 Å². The molecule has 5 rings (SSSR count). The van der Waals surface area contributed by atoms with Gasteiger partial charge in [-0.15, -0.1) is 0 Å². The van der Waals surface area contributed by atoms with Gasteiger partial charge in [0, 0.05) is 12.5 Å². The number of carbonyl (C=O) groups excluding carboxylic acids is 2. The topological polar surface area (TPSA) is 46.6 Å². The maximum Gasteiger partial charge on any atom is 0.271 e. The smallest absolute Gasteiger partial charge is 0.271 e. The second kappa shape index (κ2) is 6.14. The predicted molar refractivity (Wildman–Crippen MR) is 106 cm³/mol. The number of ether oxygens (including phenoxy) is 1. The van der Waals surface area contributed by atoms with Gasteiger partial charge in [0.25, 0.3) is 5.91 Å². The number of rotatable bonds is 2. The molecule has 0 aliphatic carbocycles. The number of hydrogen-bond acceptors (Lipinski definition) is 3. The highest BCUT2D eigenvalue weighted by Crippen LogP contribution is 2.64. The van der Waals surface area contributed by atoms with Gasteiger partial charge in [-0.05, 0) is 17.2 Å². The van der Waals surface area contributed by atoms with Gasteiger partial charge in [-0.1, -0.05) is 78.9 Å². The number of para-hydroxylation sites is 1. The first kappa shape index (κ1) is 16.9. The molecule has 138 valence electrons. The Morgan fingerprint density at radius 3 is 2.07 bits per heavy atom. The summed E-state index contributed by atoms with van der Waals surface area (Å²) in [4.78, 5) is 27.1. The van der Waals surface area contributed by atoms with Gasteiger partial charge >= 0.3 is 0 Å². The highest BCUT2D eigenvalue weighted by atomic mass is 16.5. The maximum atomic E-state index is 13.5. The second-order valence-corrected chi connectivity index (χ2v) is 7.25. The van der Waals surface area contributed by atoms with Crippen molar-refractivity contribution in [1.82, 2.24) is 0 Å². The van der Waals surface area contributed by atoms with E-state index in [4.69, 9.17) is 4.74 Å². The van der Waals surface area contributed by atoms with E-state index in [0.717, 1.165) is 16.7 Å². The lowest BCUT2D eigenvalue weighted by Gasteiger charge is -2.52. The summed E-state index contributed by atoms with van der Waals surface area (Å²) in [6.45, 7) is 1.42. The van der Waals surface area contributed by atoms with E-state index in [-0.39, 0.29) is 23.8 Å². The first-order valence-electron chi connectivity index (χ1n) is 9.37. The van der Waals surface area contributed by atoms with E-state index >= 15 is 0 Å². The van der Waals surface area contributed by atoms with Gasteiger partial charge in [0.15, 0.2) is 5.60 Å². The van der Waals surface area contributed by atoms with Crippen LogP contribution >= 0.6 is 0 Å². The summed E-state index contributed by atoms with van der Waals surface area (Å²) in [6.07, 6.45) is -0.257. The van der Waals surface area contributed by atoms with E-state index in [1.807, 2.05) is 84.9 Å². The Morgan fingerprint density at radius 1 is 0.857 bits per heavy atom. The van der Waals surface area contributed by atoms with Crippen LogP contribution in [0.1, 0.15) is 35.6 Å². The van der Waals surface area contributed by atoms with Crippen LogP contribution in [0.15, 0.2) is 84.9 Å². The van der Waals surface area contributed by atoms with Gasteiger partial charge in [-0.2, -0.15) is 0 Å². The molecule has 0 saturated carbocycles. The van der Waals surface area contributed by atoms with Crippen molar-refractivity contribution in [3.63, 3.8) is 0 Å². The third kappa shape index (κ3) is 2.15. The van der Waals surface area contributed by atoms with Gasteiger partial charge in [0.05, 0.1) is 17.7 Å². The zero-order valence-electron chi connectivity index (χ0n) is 15.4. The lowest BCUT2D eigenvalue weighted by atomic mass is 9.68. The first-order chi connectivity index (χ1) is 13.6. The Bertz CT molecular complexity index is 1060. The molecule has 2 amide bonds. The Morgan fingerprint density at radius 2 is 1.43 bits per heavy atom. The number of fused-ring (bicyclic) bond motifs is 2. The molecule has 3 aromatic carbocycles. The summed E-state index contributed by atoms with van der Waals surface area (Å²) >= 11 is 0. The van der Waals surface area contributed by atoms with Crippen molar-refractivity contribution in [1.29, 1.82) is 0 Å². The van der Waals surface area contributed by atoms with Gasteiger partial charge < -0.3 is 4.74 Å². The molecule has 2 aliphatic rings. The minimum atomic E-state index is -1.18. The van der Waals surface area contributed by atoms with E-state index in [1.54, 1.807) is 0 Å². The molecule has 0 unspecified atom stereocenters. The van der Waals surface area contributed by atoms with E-state index in [9.17, 15) is 9.59 Å². The zero-order chi connectivity index (χ0) is 19.3. The number of anilines is 1. The fourth-order valence-electron chi connectivity index (χ4n) is 4.56. The third-order valence-electron chi connectivity index (χ3n) is 5.72. The van der Waals surface area contributed by atoms with Crippen molar-refractivity contribution in [2.75, 3.05) is 4.90 Å². The van der Waals surface area contributed by atoms with Crippen LogP contribution in [0.25, 0.3) is 0 Å². The largest absolute Gasteiger partial charge is 0.351 e. The van der Waals surface area contributed by atoms with Gasteiger partial charge in [0.1, 0.15) is 0 Å². The van der Waals surface area contributed by atoms with E-state index in [2.05, 4.69) is 0 Å². The summed E-state index contributed by atoms with van der Waals surface area (Å²) in [5.74, 6) is -0.816. The average Bonchev–Trinajstić information content (AvgIpc) is 2.97. The van der Waals surface area contributed by atoms with Crippen LogP contribution in [0.4, 0.5) is 5.69 Å². The summed E-state index contributed by atoms with van der Waals surface area (Å²) in [6, 6.07) is 27.3. The summed E-state index contributed by atoms with van der Waals surface area (Å²) < 4.78 is 6.42. The number of hydrogen-bond donors (Lipinski definition) is 0. The van der Waals surface area contributed by atoms with Crippen molar-refractivity contribution < 1.29 is 14.3 Å². The minimum absolute atomic E-state index is 0.214. The Balaban J connectivity index is 1.71. The van der Waals surface area contributed by atoms with Crippen LogP contribution in [0, 0.1) is 0 Å². The third-order valence-corrected chi connectivity index (χ3v) is 5.72. The van der Waals surface area contributed by atoms with Crippen molar-refractivity contribution in [3.8, 4) is 0 Å². The van der Waals surface area contributed by atoms with Crippen LogP contribution in [0.3, 0.4) is 0 Å². The van der Waals surface area contributed by atoms with Crippen LogP contribution < -0.4 is 4.90 Å². The Kier molecular flexibility index (Phi) is 3.71. The SMILES string of the molecule is CC(=O)N1C(=O)[C@]2(O[C@H](c3ccccc3)[C@@H]2c2ccccc2)c2ccccc21. The maximum absolute atomic E-state index is 13.5. The molecule has 3 atom stereocenters. The molecule has 28 heavy (non-hydrogen) atoms. The predicted octanol–water partition coefficient (Wildman–Crippen LogP) is 4.33. The van der Waals surface area contributed by atoms with Crippen LogP contribution in [0.5, 0.6) is 0 Å². The molecule has 4 nitrogen and oxygen atoms in total. The summed E-state index contributed by atoms with van der Waals surface area (Å²) in [5.41, 5.74) is 2.25. The number of imide groups is 1. The zero-order valence-corrected chi connectivity index (χ0v) is 15.4. The number of benzene rings is 3. The highest BCUT2D eigenvalue weighted by Gasteiger charge is 2.68. The molecule has 1 spiro atoms. The Hall–Kier alpha value is -3.24.